The second-order valence-electron chi connectivity index (χ2n) is 5.25. The maximum absolute atomic E-state index is 12.5. The summed E-state index contributed by atoms with van der Waals surface area (Å²) in [7, 11) is -3.50. The molecular formula is C11H24N4O2S. The fourth-order valence-electron chi connectivity index (χ4n) is 2.06. The van der Waals surface area contributed by atoms with Gasteiger partial charge in [0.15, 0.2) is 0 Å². The molecule has 0 spiro atoms. The molecule has 1 fully saturated rings. The predicted molar refractivity (Wildman–Crippen MR) is 72.6 cm³/mol. The fraction of sp³-hybridized carbons (Fsp3) is 0.909. The van der Waals surface area contributed by atoms with E-state index >= 15 is 0 Å². The molecule has 0 amide bonds. The third-order valence-corrected chi connectivity index (χ3v) is 5.43. The molecule has 0 aliphatic carbocycles. The highest BCUT2D eigenvalue weighted by Gasteiger charge is 2.33. The molecule has 1 aliphatic heterocycles. The lowest BCUT2D eigenvalue weighted by atomic mass is 10.0. The van der Waals surface area contributed by atoms with Gasteiger partial charge in [-0.2, -0.15) is 17.0 Å². The molecule has 0 saturated carbocycles. The summed E-state index contributed by atoms with van der Waals surface area (Å²) in [6, 6.07) is -0.196. The Bertz CT molecular complexity index is 386. The highest BCUT2D eigenvalue weighted by Crippen LogP contribution is 2.21. The summed E-state index contributed by atoms with van der Waals surface area (Å²) >= 11 is 0. The number of piperidine rings is 1. The van der Waals surface area contributed by atoms with Gasteiger partial charge in [-0.25, -0.2) is 0 Å². The minimum absolute atomic E-state index is 0.0357. The summed E-state index contributed by atoms with van der Waals surface area (Å²) in [5, 5.41) is 7.30. The topological polar surface area (TPSA) is 90.5 Å². The Morgan fingerprint density at radius 3 is 2.33 bits per heavy atom. The number of hydrogen-bond donors (Lipinski definition) is 2. The molecule has 106 valence electrons. The van der Waals surface area contributed by atoms with E-state index in [0.717, 1.165) is 12.8 Å². The molecule has 0 bridgehead atoms. The van der Waals surface area contributed by atoms with Crippen molar-refractivity contribution in [2.75, 3.05) is 19.6 Å². The largest absolute Gasteiger partial charge is 0.387 e. The first-order valence-electron chi connectivity index (χ1n) is 6.35. The molecule has 1 rings (SSSR count). The lowest BCUT2D eigenvalue weighted by Crippen LogP contribution is -2.51. The van der Waals surface area contributed by atoms with Crippen molar-refractivity contribution in [3.8, 4) is 0 Å². The van der Waals surface area contributed by atoms with E-state index in [1.165, 1.54) is 8.61 Å². The number of nitrogens with zero attached hydrogens (tertiary/aromatic N) is 2. The first-order valence-corrected chi connectivity index (χ1v) is 7.74. The van der Waals surface area contributed by atoms with Crippen LogP contribution in [-0.4, -0.2) is 48.5 Å². The number of hydrogen-bond acceptors (Lipinski definition) is 3. The van der Waals surface area contributed by atoms with Crippen molar-refractivity contribution >= 4 is 16.0 Å². The summed E-state index contributed by atoms with van der Waals surface area (Å²) < 4.78 is 27.7. The summed E-state index contributed by atoms with van der Waals surface area (Å²) in [6.45, 7) is 6.82. The van der Waals surface area contributed by atoms with Gasteiger partial charge in [0.05, 0.1) is 6.54 Å². The molecule has 1 aliphatic rings. The minimum atomic E-state index is -3.50. The number of amidine groups is 1. The molecule has 6 nitrogen and oxygen atoms in total. The average molecular weight is 276 g/mol. The van der Waals surface area contributed by atoms with Gasteiger partial charge in [0.2, 0.25) is 0 Å². The molecule has 0 radical (unpaired) electrons. The lowest BCUT2D eigenvalue weighted by molar-refractivity contribution is 0.259. The zero-order valence-corrected chi connectivity index (χ0v) is 12.2. The molecular weight excluding hydrogens is 252 g/mol. The van der Waals surface area contributed by atoms with Gasteiger partial charge in [-0.05, 0) is 32.6 Å². The summed E-state index contributed by atoms with van der Waals surface area (Å²) in [5.41, 5.74) is 5.34. The highest BCUT2D eigenvalue weighted by atomic mass is 32.2. The molecule has 0 aromatic heterocycles. The smallest absolute Gasteiger partial charge is 0.282 e. The van der Waals surface area contributed by atoms with E-state index in [9.17, 15) is 8.42 Å². The maximum Gasteiger partial charge on any atom is 0.282 e. The van der Waals surface area contributed by atoms with Crippen LogP contribution in [-0.2, 0) is 10.2 Å². The zero-order valence-electron chi connectivity index (χ0n) is 11.4. The van der Waals surface area contributed by atoms with Crippen LogP contribution in [0.2, 0.25) is 0 Å². The third kappa shape index (κ3) is 3.66. The summed E-state index contributed by atoms with van der Waals surface area (Å²) in [5.74, 6) is 0.453. The molecule has 1 heterocycles. The predicted octanol–water partition coefficient (Wildman–Crippen LogP) is 0.609. The van der Waals surface area contributed by atoms with Gasteiger partial charge < -0.3 is 5.73 Å². The van der Waals surface area contributed by atoms with Crippen LogP contribution < -0.4 is 5.73 Å². The number of nitrogens with two attached hydrogens (primary N) is 1. The van der Waals surface area contributed by atoms with Crippen LogP contribution >= 0.6 is 0 Å². The summed E-state index contributed by atoms with van der Waals surface area (Å²) in [6.07, 6.45) is 1.79. The van der Waals surface area contributed by atoms with E-state index in [1.807, 2.05) is 0 Å². The van der Waals surface area contributed by atoms with Crippen LogP contribution in [0.25, 0.3) is 0 Å². The lowest BCUT2D eigenvalue weighted by Gasteiger charge is -2.35. The van der Waals surface area contributed by atoms with E-state index in [2.05, 4.69) is 6.92 Å². The minimum Gasteiger partial charge on any atom is -0.387 e. The van der Waals surface area contributed by atoms with Crippen LogP contribution in [0.3, 0.4) is 0 Å². The Kier molecular flexibility index (Phi) is 5.12. The fourth-order valence-corrected chi connectivity index (χ4v) is 3.87. The van der Waals surface area contributed by atoms with Crippen molar-refractivity contribution in [3.63, 3.8) is 0 Å². The van der Waals surface area contributed by atoms with Crippen LogP contribution in [0.1, 0.15) is 33.6 Å². The maximum atomic E-state index is 12.5. The van der Waals surface area contributed by atoms with Crippen molar-refractivity contribution in [1.29, 1.82) is 5.41 Å². The molecule has 3 N–H and O–H groups in total. The molecule has 0 aromatic rings. The molecule has 18 heavy (non-hydrogen) atoms. The van der Waals surface area contributed by atoms with Crippen molar-refractivity contribution in [2.24, 2.45) is 11.7 Å². The van der Waals surface area contributed by atoms with Gasteiger partial charge in [-0.3, -0.25) is 5.41 Å². The third-order valence-electron chi connectivity index (χ3n) is 3.27. The first kappa shape index (κ1) is 15.4. The van der Waals surface area contributed by atoms with Gasteiger partial charge in [-0.1, -0.05) is 6.92 Å². The van der Waals surface area contributed by atoms with Crippen LogP contribution in [0.5, 0.6) is 0 Å². The van der Waals surface area contributed by atoms with Gasteiger partial charge in [0.25, 0.3) is 10.2 Å². The Morgan fingerprint density at radius 2 is 1.94 bits per heavy atom. The Balaban J connectivity index is 2.84. The van der Waals surface area contributed by atoms with E-state index in [0.29, 0.717) is 19.0 Å². The normalized spacial score (nSPS) is 19.6. The van der Waals surface area contributed by atoms with E-state index in [-0.39, 0.29) is 18.4 Å². The zero-order chi connectivity index (χ0) is 13.9. The van der Waals surface area contributed by atoms with Crippen LogP contribution in [0, 0.1) is 11.3 Å². The van der Waals surface area contributed by atoms with Gasteiger partial charge in [0, 0.05) is 19.1 Å². The summed E-state index contributed by atoms with van der Waals surface area (Å²) in [4.78, 5) is 0. The first-order chi connectivity index (χ1) is 8.25. The Hall–Kier alpha value is -0.660. The van der Waals surface area contributed by atoms with Crippen LogP contribution in [0.4, 0.5) is 0 Å². The van der Waals surface area contributed by atoms with Gasteiger partial charge >= 0.3 is 0 Å². The molecule has 1 saturated heterocycles. The Morgan fingerprint density at radius 1 is 1.44 bits per heavy atom. The van der Waals surface area contributed by atoms with Crippen molar-refractivity contribution in [2.45, 2.75) is 39.7 Å². The van der Waals surface area contributed by atoms with Crippen LogP contribution in [0.15, 0.2) is 0 Å². The van der Waals surface area contributed by atoms with Crippen molar-refractivity contribution in [1.82, 2.24) is 8.61 Å². The van der Waals surface area contributed by atoms with E-state index in [4.69, 9.17) is 11.1 Å². The molecule has 0 unspecified atom stereocenters. The number of nitrogens with one attached hydrogen (secondary N) is 1. The second-order valence-corrected chi connectivity index (χ2v) is 7.13. The van der Waals surface area contributed by atoms with E-state index < -0.39 is 10.2 Å². The number of rotatable bonds is 5. The molecule has 0 atom stereocenters. The molecule has 7 heteroatoms. The standard InChI is InChI=1S/C11H24N4O2S/c1-9(2)15(8-11(12)13)18(16,17)14-6-4-10(3)5-7-14/h9-10H,4-8H2,1-3H3,(H3,12,13). The quantitative estimate of drug-likeness (QED) is 0.569. The molecule has 0 aromatic carbocycles. The van der Waals surface area contributed by atoms with Gasteiger partial charge in [0.1, 0.15) is 5.84 Å². The van der Waals surface area contributed by atoms with Crippen molar-refractivity contribution in [3.05, 3.63) is 0 Å². The monoisotopic (exact) mass is 276 g/mol. The Labute approximate surface area is 110 Å². The van der Waals surface area contributed by atoms with Gasteiger partial charge in [-0.15, -0.1) is 0 Å². The van der Waals surface area contributed by atoms with E-state index in [1.54, 1.807) is 13.8 Å². The highest BCUT2D eigenvalue weighted by molar-refractivity contribution is 7.86. The average Bonchev–Trinajstić information content (AvgIpc) is 2.25. The second kappa shape index (κ2) is 5.99. The SMILES string of the molecule is CC1CCN(S(=O)(=O)N(CC(=N)N)C(C)C)CC1. The van der Waals surface area contributed by atoms with Crippen molar-refractivity contribution < 1.29 is 8.42 Å².